The number of hydrogen-bond donors (Lipinski definition) is 3. The fraction of sp³-hybridized carbons (Fsp3) is 0. The minimum absolute atomic E-state index is 0. The third kappa shape index (κ3) is 18.6. The fourth-order valence-electron chi connectivity index (χ4n) is 0.134. The Bertz CT molecular complexity index is 154. The maximum Gasteiger partial charge on any atom is 1.00 e. The molecule has 0 spiro atoms. The summed E-state index contributed by atoms with van der Waals surface area (Å²) in [4.78, 5) is 32.6. The van der Waals surface area contributed by atoms with Crippen LogP contribution in [0, 0.1) is 0 Å². The van der Waals surface area contributed by atoms with Gasteiger partial charge in [0.2, 0.25) is 0 Å². The Labute approximate surface area is 87.9 Å². The predicted octanol–water partition coefficient (Wildman–Crippen LogP) is -4.38. The molecule has 11 heteroatoms. The summed E-state index contributed by atoms with van der Waals surface area (Å²) in [6.45, 7) is 0. The maximum atomic E-state index is 9.59. The van der Waals surface area contributed by atoms with Crippen molar-refractivity contribution in [3.63, 3.8) is 0 Å². The predicted molar refractivity (Wildman–Crippen MR) is 34.1 cm³/mol. The van der Waals surface area contributed by atoms with Crippen LogP contribution in [0.15, 0.2) is 0 Å². The molecule has 11 heavy (non-hydrogen) atoms. The summed E-state index contributed by atoms with van der Waals surface area (Å²) >= 11 is 0. The SMILES string of the molecule is O=P([O-])(O)OP(=O)(O)O.P.[Na+]. The largest absolute Gasteiger partial charge is 1.00 e. The third-order valence-corrected chi connectivity index (χ3v) is 1.89. The summed E-state index contributed by atoms with van der Waals surface area (Å²) < 4.78 is 21.9. The monoisotopic (exact) mass is 234 g/mol. The van der Waals surface area contributed by atoms with E-state index >= 15 is 0 Å². The van der Waals surface area contributed by atoms with Gasteiger partial charge in [-0.05, 0) is 0 Å². The molecule has 0 saturated carbocycles. The molecule has 0 aliphatic rings. The second kappa shape index (κ2) is 6.19. The zero-order chi connectivity index (χ0) is 7.71. The molecule has 3 N–H and O–H groups in total. The average molecular weight is 234 g/mol. The summed E-state index contributed by atoms with van der Waals surface area (Å²) in [5, 5.41) is 0. The van der Waals surface area contributed by atoms with Gasteiger partial charge in [-0.15, -0.1) is 0 Å². The van der Waals surface area contributed by atoms with Crippen LogP contribution in [-0.4, -0.2) is 14.7 Å². The van der Waals surface area contributed by atoms with E-state index in [1.807, 2.05) is 0 Å². The van der Waals surface area contributed by atoms with E-state index < -0.39 is 15.6 Å². The van der Waals surface area contributed by atoms with Crippen molar-refractivity contribution in [1.29, 1.82) is 0 Å². The molecule has 0 aromatic rings. The number of hydrogen-bond acceptors (Lipinski definition) is 4. The molecule has 2 unspecified atom stereocenters. The molecule has 0 aliphatic heterocycles. The molecule has 0 aliphatic carbocycles. The van der Waals surface area contributed by atoms with Gasteiger partial charge in [-0.25, -0.2) is 8.88 Å². The minimum Gasteiger partial charge on any atom is -0.756 e. The van der Waals surface area contributed by atoms with Crippen LogP contribution in [0.5, 0.6) is 0 Å². The first-order chi connectivity index (χ1) is 3.71. The van der Waals surface area contributed by atoms with Crippen LogP contribution in [0.4, 0.5) is 0 Å². The maximum absolute atomic E-state index is 9.59. The fourth-order valence-corrected chi connectivity index (χ4v) is 1.21. The molecule has 0 saturated heterocycles. The van der Waals surface area contributed by atoms with E-state index in [0.717, 1.165) is 0 Å². The Hall–Kier alpha value is 1.69. The first kappa shape index (κ1) is 18.5. The van der Waals surface area contributed by atoms with Crippen LogP contribution in [0.1, 0.15) is 0 Å². The first-order valence-electron chi connectivity index (χ1n) is 1.51. The van der Waals surface area contributed by atoms with Gasteiger partial charge in [0.15, 0.2) is 0 Å². The molecule has 0 aromatic carbocycles. The van der Waals surface area contributed by atoms with Crippen LogP contribution in [0.3, 0.4) is 0 Å². The van der Waals surface area contributed by atoms with E-state index in [2.05, 4.69) is 4.31 Å². The normalized spacial score (nSPS) is 15.6. The van der Waals surface area contributed by atoms with Crippen molar-refractivity contribution in [3.8, 4) is 0 Å². The minimum atomic E-state index is -5.30. The van der Waals surface area contributed by atoms with E-state index in [1.165, 1.54) is 0 Å². The molecule has 0 radical (unpaired) electrons. The molecule has 0 bridgehead atoms. The van der Waals surface area contributed by atoms with Gasteiger partial charge in [-0.1, -0.05) is 0 Å². The Balaban J connectivity index is -0.000000320. The van der Waals surface area contributed by atoms with E-state index in [9.17, 15) is 14.0 Å². The molecular formula is H6NaO7P3. The van der Waals surface area contributed by atoms with Crippen LogP contribution in [0.25, 0.3) is 0 Å². The number of rotatable bonds is 2. The van der Waals surface area contributed by atoms with Crippen molar-refractivity contribution in [2.45, 2.75) is 0 Å². The van der Waals surface area contributed by atoms with Crippen LogP contribution in [-0.2, 0) is 13.4 Å². The van der Waals surface area contributed by atoms with Crippen LogP contribution in [0.2, 0.25) is 0 Å². The Morgan fingerprint density at radius 3 is 1.45 bits per heavy atom. The van der Waals surface area contributed by atoms with Crippen LogP contribution < -0.4 is 34.5 Å². The van der Waals surface area contributed by atoms with Crippen molar-refractivity contribution in [1.82, 2.24) is 0 Å². The summed E-state index contributed by atoms with van der Waals surface area (Å²) in [6, 6.07) is 0. The van der Waals surface area contributed by atoms with Crippen molar-refractivity contribution in [2.24, 2.45) is 0 Å². The van der Waals surface area contributed by atoms with E-state index in [-0.39, 0.29) is 39.5 Å². The molecule has 2 atom stereocenters. The summed E-state index contributed by atoms with van der Waals surface area (Å²) in [6.07, 6.45) is 0. The smallest absolute Gasteiger partial charge is 0.756 e. The molecule has 0 rings (SSSR count). The van der Waals surface area contributed by atoms with Gasteiger partial charge in [0.05, 0.1) is 0 Å². The van der Waals surface area contributed by atoms with E-state index in [4.69, 9.17) is 14.7 Å². The van der Waals surface area contributed by atoms with Gasteiger partial charge in [0, 0.05) is 0 Å². The van der Waals surface area contributed by atoms with Gasteiger partial charge < -0.3 is 19.6 Å². The molecule has 0 heterocycles. The standard InChI is InChI=1S/Na.H4O7P2.H3P/c;1-8(2,3)7-9(4,5)6;/h;(H2,1,2,3)(H2,4,5,6);1H3/q+1;;/p-1. The topological polar surface area (TPSA) is 127 Å². The van der Waals surface area contributed by atoms with Gasteiger partial charge in [-0.3, -0.25) is 4.57 Å². The molecule has 7 nitrogen and oxygen atoms in total. The molecular weight excluding hydrogens is 228 g/mol. The Morgan fingerprint density at radius 2 is 1.45 bits per heavy atom. The van der Waals surface area contributed by atoms with Crippen molar-refractivity contribution >= 4 is 25.5 Å². The van der Waals surface area contributed by atoms with Crippen molar-refractivity contribution in [2.75, 3.05) is 0 Å². The van der Waals surface area contributed by atoms with Gasteiger partial charge in [0.25, 0.3) is 7.82 Å². The van der Waals surface area contributed by atoms with Gasteiger partial charge >= 0.3 is 37.4 Å². The van der Waals surface area contributed by atoms with Crippen molar-refractivity contribution in [3.05, 3.63) is 0 Å². The molecule has 0 fully saturated rings. The summed E-state index contributed by atoms with van der Waals surface area (Å²) in [5.74, 6) is 0. The summed E-state index contributed by atoms with van der Waals surface area (Å²) in [5.41, 5.74) is 0. The zero-order valence-corrected chi connectivity index (χ0v) is 10.8. The Morgan fingerprint density at radius 1 is 1.18 bits per heavy atom. The Kier molecular flexibility index (Phi) is 10.4. The number of phosphoric acid groups is 2. The molecule has 0 amide bonds. The van der Waals surface area contributed by atoms with Crippen molar-refractivity contribution < 1.29 is 62.6 Å². The van der Waals surface area contributed by atoms with Gasteiger partial charge in [-0.2, -0.15) is 9.90 Å². The first-order valence-corrected chi connectivity index (χ1v) is 4.54. The average Bonchev–Trinajstić information content (AvgIpc) is 1.14. The third-order valence-electron chi connectivity index (χ3n) is 0.210. The van der Waals surface area contributed by atoms with Gasteiger partial charge in [0.1, 0.15) is 0 Å². The van der Waals surface area contributed by atoms with E-state index in [1.54, 1.807) is 0 Å². The second-order valence-corrected chi connectivity index (χ2v) is 3.61. The van der Waals surface area contributed by atoms with Crippen LogP contribution >= 0.6 is 25.5 Å². The zero-order valence-electron chi connectivity index (χ0n) is 5.58. The quantitative estimate of drug-likeness (QED) is 0.325. The molecule has 64 valence electrons. The summed E-state index contributed by atoms with van der Waals surface area (Å²) in [7, 11) is -10.4. The molecule has 0 aromatic heterocycles. The second-order valence-electron chi connectivity index (χ2n) is 1.04. The van der Waals surface area contributed by atoms with E-state index in [0.29, 0.717) is 0 Å².